The topological polar surface area (TPSA) is 176 Å². The maximum absolute atomic E-state index is 11.1. The fourth-order valence-corrected chi connectivity index (χ4v) is 3.54. The van der Waals surface area contributed by atoms with Crippen LogP contribution in [-0.4, -0.2) is 62.4 Å². The van der Waals surface area contributed by atoms with Crippen LogP contribution < -0.4 is 0 Å². The van der Waals surface area contributed by atoms with E-state index in [2.05, 4.69) is 20.6 Å². The number of rotatable bonds is 6. The molecule has 0 atom stereocenters. The molecule has 12 nitrogen and oxygen atoms in total. The Morgan fingerprint density at radius 3 is 1.33 bits per heavy atom. The monoisotopic (exact) mass is 484 g/mol. The van der Waals surface area contributed by atoms with Gasteiger partial charge in [0.25, 0.3) is 0 Å². The molecule has 2 aromatic heterocycles. The molecule has 4 N–H and O–H groups in total. The van der Waals surface area contributed by atoms with Crippen LogP contribution >= 0.6 is 0 Å². The van der Waals surface area contributed by atoms with Gasteiger partial charge in [0, 0.05) is 23.3 Å². The molecule has 0 saturated heterocycles. The molecule has 36 heavy (non-hydrogen) atoms. The molecule has 0 radical (unpaired) electrons. The molecular formula is C24H16N6O6. The van der Waals surface area contributed by atoms with E-state index in [-0.39, 0.29) is 22.6 Å². The van der Waals surface area contributed by atoms with E-state index in [1.54, 1.807) is 12.4 Å². The zero-order valence-corrected chi connectivity index (χ0v) is 18.2. The van der Waals surface area contributed by atoms with Crippen molar-refractivity contribution in [3.8, 4) is 45.4 Å². The predicted molar refractivity (Wildman–Crippen MR) is 124 cm³/mol. The molecule has 3 aromatic carbocycles. The fraction of sp³-hybridized carbons (Fsp3) is 0. The van der Waals surface area contributed by atoms with Gasteiger partial charge in [0.05, 0.1) is 23.8 Å². The van der Waals surface area contributed by atoms with E-state index in [9.17, 15) is 19.8 Å². The van der Waals surface area contributed by atoms with Crippen LogP contribution in [0.1, 0.15) is 20.7 Å². The number of hydrogen-bond donors (Lipinski definition) is 4. The summed E-state index contributed by atoms with van der Waals surface area (Å²) in [6.45, 7) is 0. The number of aromatic nitrogens is 6. The van der Waals surface area contributed by atoms with E-state index >= 15 is 0 Å². The number of aromatic hydroxyl groups is 2. The van der Waals surface area contributed by atoms with E-state index in [0.717, 1.165) is 11.1 Å². The lowest BCUT2D eigenvalue weighted by Gasteiger charge is -2.04. The number of carboxylic acid groups (broad SMARTS) is 2. The number of benzene rings is 3. The Bertz CT molecular complexity index is 1500. The van der Waals surface area contributed by atoms with Gasteiger partial charge in [0.15, 0.2) is 0 Å². The Hall–Kier alpha value is -5.52. The van der Waals surface area contributed by atoms with Crippen molar-refractivity contribution in [2.45, 2.75) is 0 Å². The first-order valence-corrected chi connectivity index (χ1v) is 10.4. The summed E-state index contributed by atoms with van der Waals surface area (Å²) in [5.74, 6) is -3.20. The lowest BCUT2D eigenvalue weighted by Crippen LogP contribution is -1.99. The first-order chi connectivity index (χ1) is 17.3. The highest BCUT2D eigenvalue weighted by Gasteiger charge is 2.14. The third-order valence-electron chi connectivity index (χ3n) is 5.42. The summed E-state index contributed by atoms with van der Waals surface area (Å²) < 4.78 is 2.84. The van der Waals surface area contributed by atoms with Gasteiger partial charge in [0.1, 0.15) is 34.0 Å². The number of carboxylic acids is 2. The molecule has 0 amide bonds. The second-order valence-electron chi connectivity index (χ2n) is 7.69. The Labute approximate surface area is 201 Å². The SMILES string of the molecule is O=C(O)c1ccc(-n2cc(-c3ccc(-c4cn(-c5ccc(C(=O)O)c(O)c5)nn4)cc3)nn2)cc1O. The van der Waals surface area contributed by atoms with Crippen LogP contribution in [0.2, 0.25) is 0 Å². The number of phenols is 2. The van der Waals surface area contributed by atoms with Gasteiger partial charge >= 0.3 is 11.9 Å². The number of hydrogen-bond acceptors (Lipinski definition) is 8. The summed E-state index contributed by atoms with van der Waals surface area (Å²) in [5.41, 5.74) is 3.12. The van der Waals surface area contributed by atoms with Gasteiger partial charge in [-0.3, -0.25) is 0 Å². The summed E-state index contributed by atoms with van der Waals surface area (Å²) in [7, 11) is 0. The maximum atomic E-state index is 11.1. The minimum Gasteiger partial charge on any atom is -0.507 e. The van der Waals surface area contributed by atoms with Gasteiger partial charge in [-0.05, 0) is 24.3 Å². The van der Waals surface area contributed by atoms with Crippen LogP contribution in [0.3, 0.4) is 0 Å². The second kappa shape index (κ2) is 8.68. The number of nitrogens with zero attached hydrogens (tertiary/aromatic N) is 6. The molecule has 0 aliphatic rings. The van der Waals surface area contributed by atoms with Crippen molar-refractivity contribution in [1.29, 1.82) is 0 Å². The lowest BCUT2D eigenvalue weighted by atomic mass is 10.1. The predicted octanol–water partition coefficient (Wildman–Crippen LogP) is 2.99. The van der Waals surface area contributed by atoms with Gasteiger partial charge in [-0.15, -0.1) is 10.2 Å². The largest absolute Gasteiger partial charge is 0.507 e. The van der Waals surface area contributed by atoms with Crippen LogP contribution in [0.25, 0.3) is 33.9 Å². The minimum atomic E-state index is -1.23. The second-order valence-corrected chi connectivity index (χ2v) is 7.69. The molecule has 0 aliphatic heterocycles. The maximum Gasteiger partial charge on any atom is 0.339 e. The molecule has 2 heterocycles. The van der Waals surface area contributed by atoms with Crippen molar-refractivity contribution in [2.75, 3.05) is 0 Å². The van der Waals surface area contributed by atoms with Gasteiger partial charge < -0.3 is 20.4 Å². The zero-order valence-electron chi connectivity index (χ0n) is 18.2. The molecule has 178 valence electrons. The summed E-state index contributed by atoms with van der Waals surface area (Å²) in [6.07, 6.45) is 3.29. The summed E-state index contributed by atoms with van der Waals surface area (Å²) in [5, 5.41) is 54.3. The number of carbonyl (C=O) groups is 2. The van der Waals surface area contributed by atoms with Crippen molar-refractivity contribution in [3.63, 3.8) is 0 Å². The molecule has 0 saturated carbocycles. The Kier molecular flexibility index (Phi) is 5.37. The van der Waals surface area contributed by atoms with E-state index in [1.807, 2.05) is 24.3 Å². The third kappa shape index (κ3) is 4.09. The van der Waals surface area contributed by atoms with Crippen LogP contribution in [0.4, 0.5) is 0 Å². The summed E-state index contributed by atoms with van der Waals surface area (Å²) >= 11 is 0. The van der Waals surface area contributed by atoms with Crippen LogP contribution in [0.15, 0.2) is 73.1 Å². The van der Waals surface area contributed by atoms with Gasteiger partial charge in [-0.2, -0.15) is 0 Å². The molecule has 5 aromatic rings. The van der Waals surface area contributed by atoms with Crippen LogP contribution in [0, 0.1) is 0 Å². The number of aromatic carboxylic acids is 2. The fourth-order valence-electron chi connectivity index (χ4n) is 3.54. The van der Waals surface area contributed by atoms with Gasteiger partial charge in [-0.25, -0.2) is 19.0 Å². The Balaban J connectivity index is 1.36. The highest BCUT2D eigenvalue weighted by molar-refractivity contribution is 5.91. The van der Waals surface area contributed by atoms with E-state index in [1.165, 1.54) is 45.8 Å². The summed E-state index contributed by atoms with van der Waals surface area (Å²) in [6, 6.07) is 15.5. The van der Waals surface area contributed by atoms with Gasteiger partial charge in [-0.1, -0.05) is 34.7 Å². The first-order valence-electron chi connectivity index (χ1n) is 10.4. The average molecular weight is 484 g/mol. The van der Waals surface area contributed by atoms with Crippen molar-refractivity contribution < 1.29 is 30.0 Å². The minimum absolute atomic E-state index is 0.208. The zero-order chi connectivity index (χ0) is 25.4. The standard InChI is InChI=1S/C24H16N6O6/c31-21-9-15(5-7-17(21)23(33)34)29-11-19(25-27-29)13-1-2-14(4-3-13)20-12-30(28-26-20)16-6-8-18(24(35)36)22(32)10-16/h1-12,31-32H,(H,33,34)(H,35,36). The average Bonchev–Trinajstić information content (AvgIpc) is 3.54. The summed E-state index contributed by atoms with van der Waals surface area (Å²) in [4.78, 5) is 22.2. The van der Waals surface area contributed by atoms with Crippen molar-refractivity contribution in [1.82, 2.24) is 30.0 Å². The quantitative estimate of drug-likeness (QED) is 0.280. The van der Waals surface area contributed by atoms with Gasteiger partial charge in [0.2, 0.25) is 0 Å². The molecule has 0 spiro atoms. The molecule has 0 aliphatic carbocycles. The highest BCUT2D eigenvalue weighted by atomic mass is 16.4. The molecule has 5 rings (SSSR count). The normalized spacial score (nSPS) is 10.9. The Morgan fingerprint density at radius 1 is 0.611 bits per heavy atom. The van der Waals surface area contributed by atoms with Crippen LogP contribution in [0.5, 0.6) is 11.5 Å². The molecule has 0 bridgehead atoms. The Morgan fingerprint density at radius 2 is 1.00 bits per heavy atom. The van der Waals surface area contributed by atoms with E-state index in [4.69, 9.17) is 10.2 Å². The van der Waals surface area contributed by atoms with E-state index < -0.39 is 11.9 Å². The molecule has 0 fully saturated rings. The highest BCUT2D eigenvalue weighted by Crippen LogP contribution is 2.26. The first kappa shape index (κ1) is 22.3. The van der Waals surface area contributed by atoms with Crippen molar-refractivity contribution >= 4 is 11.9 Å². The smallest absolute Gasteiger partial charge is 0.339 e. The lowest BCUT2D eigenvalue weighted by molar-refractivity contribution is 0.0682. The molecule has 12 heteroatoms. The molecular weight excluding hydrogens is 468 g/mol. The van der Waals surface area contributed by atoms with Crippen LogP contribution in [-0.2, 0) is 0 Å². The van der Waals surface area contributed by atoms with Crippen molar-refractivity contribution in [3.05, 3.63) is 84.2 Å². The van der Waals surface area contributed by atoms with Crippen molar-refractivity contribution in [2.24, 2.45) is 0 Å². The molecule has 0 unspecified atom stereocenters. The third-order valence-corrected chi connectivity index (χ3v) is 5.42. The van der Waals surface area contributed by atoms with E-state index in [0.29, 0.717) is 22.8 Å².